The zero-order valence-electron chi connectivity index (χ0n) is 13.2. The minimum Gasteiger partial charge on any atom is -0.476 e. The Kier molecular flexibility index (Phi) is 5.16. The van der Waals surface area contributed by atoms with E-state index in [1.807, 2.05) is 0 Å². The fourth-order valence-electron chi connectivity index (χ4n) is 2.12. The van der Waals surface area contributed by atoms with Gasteiger partial charge in [-0.3, -0.25) is 0 Å². The van der Waals surface area contributed by atoms with Crippen molar-refractivity contribution in [3.05, 3.63) is 35.5 Å². The van der Waals surface area contributed by atoms with Gasteiger partial charge in [-0.25, -0.2) is 9.61 Å². The van der Waals surface area contributed by atoms with Crippen molar-refractivity contribution in [3.63, 3.8) is 0 Å². The first-order valence-electron chi connectivity index (χ1n) is 7.52. The number of fused-ring (bicyclic) bond motifs is 1. The fourth-order valence-corrected chi connectivity index (χ4v) is 2.12. The molecular weight excluding hydrogens is 357 g/mol. The molecule has 1 N–H and O–H groups in total. The van der Waals surface area contributed by atoms with Crippen LogP contribution in [0.1, 0.15) is 17.7 Å². The van der Waals surface area contributed by atoms with Crippen LogP contribution in [0.3, 0.4) is 0 Å². The number of alkyl halides is 3. The largest absolute Gasteiger partial charge is 0.573 e. The van der Waals surface area contributed by atoms with Gasteiger partial charge in [0.25, 0.3) is 0 Å². The van der Waals surface area contributed by atoms with Gasteiger partial charge in [-0.05, 0) is 28.0 Å². The van der Waals surface area contributed by atoms with Crippen LogP contribution in [-0.2, 0) is 6.42 Å². The highest BCUT2D eigenvalue weighted by molar-refractivity contribution is 5.64. The summed E-state index contributed by atoms with van der Waals surface area (Å²) in [5.41, 5.74) is 1.43. The molecule has 0 fully saturated rings. The second kappa shape index (κ2) is 7.52. The van der Waals surface area contributed by atoms with Crippen molar-refractivity contribution in [2.45, 2.75) is 19.2 Å². The van der Waals surface area contributed by atoms with Gasteiger partial charge in [0.2, 0.25) is 17.2 Å². The molecule has 1 aromatic carbocycles. The van der Waals surface area contributed by atoms with E-state index in [1.165, 1.54) is 24.3 Å². The lowest BCUT2D eigenvalue weighted by atomic mass is 10.1. The first-order chi connectivity index (χ1) is 12.4. The van der Waals surface area contributed by atoms with Crippen LogP contribution in [0.4, 0.5) is 13.2 Å². The van der Waals surface area contributed by atoms with E-state index in [2.05, 4.69) is 29.6 Å². The van der Waals surface area contributed by atoms with Gasteiger partial charge in [-0.2, -0.15) is 4.98 Å². The second-order valence-corrected chi connectivity index (χ2v) is 5.18. The van der Waals surface area contributed by atoms with Gasteiger partial charge >= 0.3 is 6.36 Å². The number of aromatic nitrogens is 4. The molecule has 0 saturated carbocycles. The van der Waals surface area contributed by atoms with E-state index in [0.717, 1.165) is 0 Å². The molecule has 3 rings (SSSR count). The predicted octanol–water partition coefficient (Wildman–Crippen LogP) is 2.26. The summed E-state index contributed by atoms with van der Waals surface area (Å²) in [4.78, 5) is 8.42. The predicted molar refractivity (Wildman–Crippen MR) is 80.5 cm³/mol. The molecule has 0 aliphatic carbocycles. The first-order valence-corrected chi connectivity index (χ1v) is 7.52. The number of hydrogen-bond donors (Lipinski definition) is 1. The quantitative estimate of drug-likeness (QED) is 0.632. The highest BCUT2D eigenvalue weighted by Gasteiger charge is 2.31. The minimum atomic E-state index is -4.74. The van der Waals surface area contributed by atoms with Gasteiger partial charge in [-0.1, -0.05) is 12.1 Å². The Morgan fingerprint density at radius 1 is 1.04 bits per heavy atom. The van der Waals surface area contributed by atoms with Crippen LogP contribution in [-0.4, -0.2) is 45.0 Å². The van der Waals surface area contributed by atoms with Crippen LogP contribution in [0.5, 0.6) is 11.6 Å². The van der Waals surface area contributed by atoms with Crippen molar-refractivity contribution >= 4 is 11.3 Å². The minimum absolute atomic E-state index is 0.0445. The lowest BCUT2D eigenvalue weighted by molar-refractivity contribution is -0.274. The number of nitrogens with zero attached hydrogens (tertiary/aromatic N) is 4. The summed E-state index contributed by atoms with van der Waals surface area (Å²) in [6.45, 7) is 0.171. The molecule has 0 radical (unpaired) electrons. The van der Waals surface area contributed by atoms with Crippen molar-refractivity contribution in [3.8, 4) is 11.6 Å². The molecule has 0 amide bonds. The zero-order chi connectivity index (χ0) is 18.6. The number of ether oxygens (including phenoxy) is 2. The van der Waals surface area contributed by atoms with Crippen LogP contribution in [0.15, 0.2) is 28.9 Å². The van der Waals surface area contributed by atoms with E-state index >= 15 is 0 Å². The van der Waals surface area contributed by atoms with Crippen LogP contribution < -0.4 is 9.47 Å². The lowest BCUT2D eigenvalue weighted by Gasteiger charge is -2.10. The van der Waals surface area contributed by atoms with E-state index in [-0.39, 0.29) is 42.6 Å². The monoisotopic (exact) mass is 370 g/mol. The normalized spacial score (nSPS) is 11.7. The average molecular weight is 370 g/mol. The molecule has 0 bridgehead atoms. The van der Waals surface area contributed by atoms with Crippen molar-refractivity contribution in [2.24, 2.45) is 0 Å². The highest BCUT2D eigenvalue weighted by atomic mass is 19.4. The molecule has 0 unspecified atom stereocenters. The van der Waals surface area contributed by atoms with Crippen molar-refractivity contribution < 1.29 is 32.4 Å². The van der Waals surface area contributed by atoms with Crippen LogP contribution >= 0.6 is 0 Å². The number of halogens is 3. The maximum Gasteiger partial charge on any atom is 0.573 e. The molecule has 0 aliphatic rings. The number of rotatable bonds is 7. The van der Waals surface area contributed by atoms with Gasteiger partial charge in [0, 0.05) is 19.4 Å². The van der Waals surface area contributed by atoms with Crippen LogP contribution in [0, 0.1) is 0 Å². The third-order valence-corrected chi connectivity index (χ3v) is 3.22. The first kappa shape index (κ1) is 17.9. The molecule has 0 saturated heterocycles. The summed E-state index contributed by atoms with van der Waals surface area (Å²) in [7, 11) is 0. The maximum absolute atomic E-state index is 12.2. The summed E-state index contributed by atoms with van der Waals surface area (Å²) in [5.74, 6) is -0.125. The fraction of sp³-hybridized carbons (Fsp3) is 0.333. The summed E-state index contributed by atoms with van der Waals surface area (Å²) in [6, 6.07) is 5.37. The van der Waals surface area contributed by atoms with Gasteiger partial charge in [0.1, 0.15) is 11.4 Å². The van der Waals surface area contributed by atoms with Crippen molar-refractivity contribution in [1.29, 1.82) is 0 Å². The van der Waals surface area contributed by atoms with Crippen molar-refractivity contribution in [1.82, 2.24) is 20.3 Å². The molecule has 2 heterocycles. The maximum atomic E-state index is 12.2. The average Bonchev–Trinajstić information content (AvgIpc) is 3.03. The Labute approximate surface area is 144 Å². The van der Waals surface area contributed by atoms with Gasteiger partial charge in [0.05, 0.1) is 6.61 Å². The summed E-state index contributed by atoms with van der Waals surface area (Å²) < 4.78 is 50.5. The third kappa shape index (κ3) is 4.57. The summed E-state index contributed by atoms with van der Waals surface area (Å²) >= 11 is 0. The molecule has 138 valence electrons. The Bertz CT molecular complexity index is 867. The molecule has 2 aromatic heterocycles. The van der Waals surface area contributed by atoms with E-state index in [4.69, 9.17) is 9.84 Å². The molecule has 26 heavy (non-hydrogen) atoms. The second-order valence-electron chi connectivity index (χ2n) is 5.18. The Hall–Kier alpha value is -2.95. The molecule has 8 nitrogen and oxygen atoms in total. The molecule has 0 atom stereocenters. The lowest BCUT2D eigenvalue weighted by Crippen LogP contribution is -2.17. The molecule has 11 heteroatoms. The smallest absolute Gasteiger partial charge is 0.476 e. The van der Waals surface area contributed by atoms with Crippen LogP contribution in [0.25, 0.3) is 11.3 Å². The highest BCUT2D eigenvalue weighted by Crippen LogP contribution is 2.25. The van der Waals surface area contributed by atoms with E-state index in [0.29, 0.717) is 17.7 Å². The Morgan fingerprint density at radius 3 is 2.38 bits per heavy atom. The number of hydrogen-bond acceptors (Lipinski definition) is 8. The summed E-state index contributed by atoms with van der Waals surface area (Å²) in [5, 5.41) is 16.1. The Balaban J connectivity index is 1.81. The molecule has 0 aliphatic heterocycles. The molecule has 3 aromatic rings. The zero-order valence-corrected chi connectivity index (χ0v) is 13.2. The topological polar surface area (TPSA) is 103 Å². The van der Waals surface area contributed by atoms with Gasteiger partial charge in [0.15, 0.2) is 0 Å². The third-order valence-electron chi connectivity index (χ3n) is 3.22. The standard InChI is InChI=1S/C15H13F3N4O4/c16-15(17,18)25-10-4-2-9(3-5-10)8-11-14(24-7-1-6-23)20-13-12(19-11)21-26-22-13/h2-5,23H,1,6-8H2. The Morgan fingerprint density at radius 2 is 1.73 bits per heavy atom. The SMILES string of the molecule is OCCCOc1nc2nonc2nc1Cc1ccc(OC(F)(F)F)cc1. The number of benzene rings is 1. The van der Waals surface area contributed by atoms with E-state index in [1.54, 1.807) is 0 Å². The number of aliphatic hydroxyl groups excluding tert-OH is 1. The van der Waals surface area contributed by atoms with Crippen molar-refractivity contribution in [2.75, 3.05) is 13.2 Å². The van der Waals surface area contributed by atoms with Crippen LogP contribution in [0.2, 0.25) is 0 Å². The molecule has 0 spiro atoms. The summed E-state index contributed by atoms with van der Waals surface area (Å²) in [6.07, 6.45) is -4.11. The van der Waals surface area contributed by atoms with E-state index < -0.39 is 6.36 Å². The number of aliphatic hydroxyl groups is 1. The van der Waals surface area contributed by atoms with Gasteiger partial charge in [-0.15, -0.1) is 13.2 Å². The van der Waals surface area contributed by atoms with E-state index in [9.17, 15) is 13.2 Å². The van der Waals surface area contributed by atoms with Gasteiger partial charge < -0.3 is 14.6 Å². The molecular formula is C15H13F3N4O4.